The van der Waals surface area contributed by atoms with Gasteiger partial charge in [0.05, 0.1) is 4.90 Å². The molecule has 0 saturated carbocycles. The van der Waals surface area contributed by atoms with Gasteiger partial charge in [0.2, 0.25) is 10.0 Å². The van der Waals surface area contributed by atoms with E-state index in [-0.39, 0.29) is 28.9 Å². The van der Waals surface area contributed by atoms with Crippen molar-refractivity contribution in [1.82, 2.24) is 14.5 Å². The number of rotatable bonds is 8. The number of aromatic nitrogens is 2. The fourth-order valence-corrected chi connectivity index (χ4v) is 4.80. The minimum atomic E-state index is -3.73. The first-order valence-corrected chi connectivity index (χ1v) is 12.1. The van der Waals surface area contributed by atoms with Crippen molar-refractivity contribution in [3.05, 3.63) is 82.5 Å². The molecule has 9 nitrogen and oxygen atoms in total. The maximum atomic E-state index is 13.1. The van der Waals surface area contributed by atoms with Gasteiger partial charge in [-0.3, -0.25) is 10.1 Å². The van der Waals surface area contributed by atoms with Crippen LogP contribution >= 0.6 is 15.9 Å². The third-order valence-corrected chi connectivity index (χ3v) is 7.10. The summed E-state index contributed by atoms with van der Waals surface area (Å²) < 4.78 is 38.7. The lowest BCUT2D eigenvalue weighted by Crippen LogP contribution is -2.30. The van der Waals surface area contributed by atoms with Crippen LogP contribution in [0.3, 0.4) is 0 Å². The van der Waals surface area contributed by atoms with Gasteiger partial charge in [-0.1, -0.05) is 42.4 Å². The standard InChI is InChI=1S/C22H19BrN4O5S/c1-2-27(14-15-6-4-3-5-7-15)33(29,30)17-10-8-16(9-11-17)20(28)24-22-26-25-21(32-22)18-12-13-19(23)31-18/h3-13H,2,14H2,1H3,(H,24,26,28). The van der Waals surface area contributed by atoms with Gasteiger partial charge >= 0.3 is 6.01 Å². The minimum Gasteiger partial charge on any atom is -0.444 e. The molecule has 33 heavy (non-hydrogen) atoms. The van der Waals surface area contributed by atoms with E-state index >= 15 is 0 Å². The summed E-state index contributed by atoms with van der Waals surface area (Å²) in [4.78, 5) is 12.6. The van der Waals surface area contributed by atoms with Gasteiger partial charge in [-0.05, 0) is 57.9 Å². The lowest BCUT2D eigenvalue weighted by atomic mass is 10.2. The zero-order chi connectivity index (χ0) is 23.4. The second-order valence-corrected chi connectivity index (χ2v) is 9.63. The normalized spacial score (nSPS) is 11.6. The number of amides is 1. The quantitative estimate of drug-likeness (QED) is 0.354. The molecule has 0 bridgehead atoms. The fourth-order valence-electron chi connectivity index (χ4n) is 3.05. The van der Waals surface area contributed by atoms with Gasteiger partial charge in [0, 0.05) is 18.7 Å². The van der Waals surface area contributed by atoms with Crippen LogP contribution in [-0.2, 0) is 16.6 Å². The number of hydrogen-bond donors (Lipinski definition) is 1. The lowest BCUT2D eigenvalue weighted by molar-refractivity contribution is 0.102. The second-order valence-electron chi connectivity index (χ2n) is 6.91. The van der Waals surface area contributed by atoms with Crippen molar-refractivity contribution < 1.29 is 22.0 Å². The molecular weight excluding hydrogens is 512 g/mol. The second kappa shape index (κ2) is 9.69. The van der Waals surface area contributed by atoms with Crippen molar-refractivity contribution in [3.63, 3.8) is 0 Å². The van der Waals surface area contributed by atoms with Crippen LogP contribution in [0.25, 0.3) is 11.7 Å². The third-order valence-electron chi connectivity index (χ3n) is 4.74. The summed E-state index contributed by atoms with van der Waals surface area (Å²) in [6, 6.07) is 18.2. The average molecular weight is 531 g/mol. The van der Waals surface area contributed by atoms with Crippen molar-refractivity contribution >= 4 is 37.9 Å². The van der Waals surface area contributed by atoms with E-state index in [2.05, 4.69) is 31.4 Å². The Balaban J connectivity index is 1.46. The summed E-state index contributed by atoms with van der Waals surface area (Å²) >= 11 is 3.18. The van der Waals surface area contributed by atoms with Crippen LogP contribution in [-0.4, -0.2) is 35.4 Å². The van der Waals surface area contributed by atoms with Crippen molar-refractivity contribution in [3.8, 4) is 11.7 Å². The zero-order valence-corrected chi connectivity index (χ0v) is 19.8. The Morgan fingerprint density at radius 1 is 1.00 bits per heavy atom. The molecule has 0 radical (unpaired) electrons. The van der Waals surface area contributed by atoms with Crippen LogP contribution in [0, 0.1) is 0 Å². The van der Waals surface area contributed by atoms with Crippen LogP contribution in [0.4, 0.5) is 6.01 Å². The number of hydrogen-bond acceptors (Lipinski definition) is 7. The zero-order valence-electron chi connectivity index (χ0n) is 17.4. The smallest absolute Gasteiger partial charge is 0.322 e. The molecule has 0 spiro atoms. The minimum absolute atomic E-state index is 0.0975. The number of nitrogens with one attached hydrogen (secondary N) is 1. The number of anilines is 1. The van der Waals surface area contributed by atoms with Crippen LogP contribution in [0.2, 0.25) is 0 Å². The molecule has 11 heteroatoms. The molecule has 0 aliphatic carbocycles. The van der Waals surface area contributed by atoms with Crippen LogP contribution in [0.1, 0.15) is 22.8 Å². The summed E-state index contributed by atoms with van der Waals surface area (Å²) in [6.45, 7) is 2.35. The van der Waals surface area contributed by atoms with Gasteiger partial charge in [0.1, 0.15) is 0 Å². The Kier molecular flexibility index (Phi) is 6.72. The van der Waals surface area contributed by atoms with E-state index in [4.69, 9.17) is 8.83 Å². The Bertz CT molecular complexity index is 1350. The van der Waals surface area contributed by atoms with Gasteiger partial charge in [0.25, 0.3) is 11.8 Å². The number of sulfonamides is 1. The number of furan rings is 1. The first kappa shape index (κ1) is 22.9. The molecule has 1 amide bonds. The Labute approximate surface area is 198 Å². The average Bonchev–Trinajstić information content (AvgIpc) is 3.47. The molecule has 2 aromatic heterocycles. The maximum absolute atomic E-state index is 13.1. The predicted octanol–water partition coefficient (Wildman–Crippen LogP) is 4.56. The van der Waals surface area contributed by atoms with Gasteiger partial charge in [0.15, 0.2) is 10.4 Å². The topological polar surface area (TPSA) is 119 Å². The third kappa shape index (κ3) is 5.21. The monoisotopic (exact) mass is 530 g/mol. The fraction of sp³-hybridized carbons (Fsp3) is 0.136. The molecule has 0 atom stereocenters. The molecule has 2 aromatic carbocycles. The molecule has 4 aromatic rings. The highest BCUT2D eigenvalue weighted by Crippen LogP contribution is 2.25. The number of nitrogens with zero attached hydrogens (tertiary/aromatic N) is 3. The molecule has 0 saturated heterocycles. The van der Waals surface area contributed by atoms with Crippen LogP contribution in [0.15, 0.2) is 85.1 Å². The van der Waals surface area contributed by atoms with E-state index in [1.54, 1.807) is 19.1 Å². The van der Waals surface area contributed by atoms with E-state index in [1.165, 1.54) is 28.6 Å². The Morgan fingerprint density at radius 2 is 1.73 bits per heavy atom. The molecule has 4 rings (SSSR count). The van der Waals surface area contributed by atoms with Gasteiger partial charge < -0.3 is 8.83 Å². The van der Waals surface area contributed by atoms with Gasteiger partial charge in [-0.15, -0.1) is 5.10 Å². The van der Waals surface area contributed by atoms with Crippen LogP contribution < -0.4 is 5.32 Å². The van der Waals surface area contributed by atoms with Crippen molar-refractivity contribution in [1.29, 1.82) is 0 Å². The number of carbonyl (C=O) groups excluding carboxylic acids is 1. The molecule has 2 heterocycles. The summed E-state index contributed by atoms with van der Waals surface area (Å²) in [6.07, 6.45) is 0. The molecule has 1 N–H and O–H groups in total. The Morgan fingerprint density at radius 3 is 2.36 bits per heavy atom. The summed E-state index contributed by atoms with van der Waals surface area (Å²) in [5.74, 6) is -0.0673. The highest BCUT2D eigenvalue weighted by atomic mass is 79.9. The number of benzene rings is 2. The van der Waals surface area contributed by atoms with Crippen molar-refractivity contribution in [2.45, 2.75) is 18.4 Å². The molecule has 0 unspecified atom stereocenters. The van der Waals surface area contributed by atoms with Crippen LogP contribution in [0.5, 0.6) is 0 Å². The molecule has 170 valence electrons. The predicted molar refractivity (Wildman–Crippen MR) is 124 cm³/mol. The SMILES string of the molecule is CCN(Cc1ccccc1)S(=O)(=O)c1ccc(C(=O)Nc2nnc(-c3ccc(Br)o3)o2)cc1. The Hall–Kier alpha value is -3.28. The highest BCUT2D eigenvalue weighted by molar-refractivity contribution is 9.10. The van der Waals surface area contributed by atoms with Crippen molar-refractivity contribution in [2.24, 2.45) is 0 Å². The highest BCUT2D eigenvalue weighted by Gasteiger charge is 2.24. The lowest BCUT2D eigenvalue weighted by Gasteiger charge is -2.20. The van der Waals surface area contributed by atoms with E-state index in [9.17, 15) is 13.2 Å². The summed E-state index contributed by atoms with van der Waals surface area (Å²) in [5.41, 5.74) is 1.13. The number of halogens is 1. The van der Waals surface area contributed by atoms with E-state index in [0.29, 0.717) is 17.0 Å². The summed E-state index contributed by atoms with van der Waals surface area (Å²) in [7, 11) is -3.73. The molecule has 0 fully saturated rings. The van der Waals surface area contributed by atoms with Crippen molar-refractivity contribution in [2.75, 3.05) is 11.9 Å². The van der Waals surface area contributed by atoms with Gasteiger partial charge in [-0.2, -0.15) is 4.31 Å². The van der Waals surface area contributed by atoms with E-state index < -0.39 is 15.9 Å². The first-order chi connectivity index (χ1) is 15.9. The van der Waals surface area contributed by atoms with E-state index in [1.807, 2.05) is 30.3 Å². The molecule has 0 aliphatic rings. The maximum Gasteiger partial charge on any atom is 0.322 e. The summed E-state index contributed by atoms with van der Waals surface area (Å²) in [5, 5.41) is 10.1. The number of carbonyl (C=O) groups is 1. The first-order valence-electron chi connectivity index (χ1n) is 9.91. The van der Waals surface area contributed by atoms with E-state index in [0.717, 1.165) is 5.56 Å². The van der Waals surface area contributed by atoms with Gasteiger partial charge in [-0.25, -0.2) is 8.42 Å². The molecular formula is C22H19BrN4O5S. The molecule has 0 aliphatic heterocycles. The largest absolute Gasteiger partial charge is 0.444 e.